The lowest BCUT2D eigenvalue weighted by Gasteiger charge is -2.29. The van der Waals surface area contributed by atoms with Crippen molar-refractivity contribution in [2.75, 3.05) is 4.31 Å². The third kappa shape index (κ3) is 5.70. The quantitative estimate of drug-likeness (QED) is 0.170. The Kier molecular flexibility index (Phi) is 7.70. The van der Waals surface area contributed by atoms with Gasteiger partial charge >= 0.3 is 6.18 Å². The van der Waals surface area contributed by atoms with E-state index >= 15 is 0 Å². The van der Waals surface area contributed by atoms with Crippen LogP contribution in [-0.2, 0) is 11.3 Å². The first-order chi connectivity index (χ1) is 17.5. The molecule has 0 fully saturated rings. The number of hydrogen-bond donors (Lipinski definition) is 1. The Labute approximate surface area is 222 Å². The second-order valence-corrected chi connectivity index (χ2v) is 9.53. The normalized spacial score (nSPS) is 13.3. The van der Waals surface area contributed by atoms with Gasteiger partial charge in [-0.2, -0.15) is 13.2 Å². The van der Waals surface area contributed by atoms with E-state index in [0.29, 0.717) is 25.5 Å². The lowest BCUT2D eigenvalue weighted by Crippen LogP contribution is -2.39. The van der Waals surface area contributed by atoms with Crippen molar-refractivity contribution in [3.63, 3.8) is 0 Å². The summed E-state index contributed by atoms with van der Waals surface area (Å²) in [6.07, 6.45) is -2.45. The highest BCUT2D eigenvalue weighted by Gasteiger charge is 2.43. The molecule has 192 valence electrons. The molecular weight excluding hydrogens is 634 g/mol. The van der Waals surface area contributed by atoms with E-state index in [9.17, 15) is 35.5 Å². The van der Waals surface area contributed by atoms with Gasteiger partial charge in [-0.15, -0.1) is 0 Å². The first-order valence-corrected chi connectivity index (χ1v) is 12.3. The molecule has 4 aromatic rings. The summed E-state index contributed by atoms with van der Waals surface area (Å²) >= 11 is -1.22. The van der Waals surface area contributed by atoms with Gasteiger partial charge in [0.25, 0.3) is 5.91 Å². The molecule has 0 saturated carbocycles. The number of benzene rings is 3. The molecule has 0 aliphatic rings. The van der Waals surface area contributed by atoms with Crippen molar-refractivity contribution in [3.05, 3.63) is 93.3 Å². The van der Waals surface area contributed by atoms with E-state index in [1.165, 1.54) is 36.7 Å². The first-order valence-electron chi connectivity index (χ1n) is 10.2. The smallest absolute Gasteiger partial charge is 0.412 e. The van der Waals surface area contributed by atoms with Crippen LogP contribution in [-0.4, -0.2) is 30.8 Å². The van der Waals surface area contributed by atoms with Crippen LogP contribution in [0.15, 0.2) is 67.0 Å². The average molecular weight is 647 g/mol. The van der Waals surface area contributed by atoms with Gasteiger partial charge in [0.05, 0.1) is 33.7 Å². The van der Waals surface area contributed by atoms with Crippen molar-refractivity contribution in [1.82, 2.24) is 15.3 Å². The highest BCUT2D eigenvalue weighted by atomic mass is 127. The molecule has 2 atom stereocenters. The molecule has 0 bridgehead atoms. The first kappa shape index (κ1) is 26.8. The van der Waals surface area contributed by atoms with Crippen molar-refractivity contribution >= 4 is 62.2 Å². The summed E-state index contributed by atoms with van der Waals surface area (Å²) in [7, 11) is 0. The van der Waals surface area contributed by atoms with Gasteiger partial charge < -0.3 is 9.87 Å². The minimum atomic E-state index is -5.16. The lowest BCUT2D eigenvalue weighted by molar-refractivity contribution is -0.155. The third-order valence-electron chi connectivity index (χ3n) is 5.14. The summed E-state index contributed by atoms with van der Waals surface area (Å²) in [4.78, 5) is 21.4. The minimum absolute atomic E-state index is 0.00747. The number of nitrogens with zero attached hydrogens (tertiary/aromatic N) is 3. The molecule has 14 heteroatoms. The second kappa shape index (κ2) is 10.6. The summed E-state index contributed by atoms with van der Waals surface area (Å²) in [6.45, 7) is 0. The number of carbonyl (C=O) groups excluding carboxylic acids is 1. The number of halogens is 6. The zero-order valence-corrected chi connectivity index (χ0v) is 21.1. The number of carbonyl (C=O) groups is 1. The van der Waals surface area contributed by atoms with Gasteiger partial charge in [-0.25, -0.2) is 8.78 Å². The standard InChI is InChI=1S/C23H14F5IN4O3S/c24-12-4-6-14(16(25)10-12)21(23(26,27)28)32-22(34)15-7-5-13(29)11-19(15)33(37(35)36)18-3-1-2-17-20(18)31-9-8-30-17/h1-11,21H,(H,32,34)(H,35,36)/p-1. The number of amides is 1. The highest BCUT2D eigenvalue weighted by molar-refractivity contribution is 14.1. The molecule has 7 nitrogen and oxygen atoms in total. The van der Waals surface area contributed by atoms with Crippen LogP contribution in [0.3, 0.4) is 0 Å². The van der Waals surface area contributed by atoms with E-state index in [2.05, 4.69) is 9.97 Å². The predicted octanol–water partition coefficient (Wildman–Crippen LogP) is 5.48. The van der Waals surface area contributed by atoms with Crippen LogP contribution in [0.25, 0.3) is 11.0 Å². The van der Waals surface area contributed by atoms with Crippen molar-refractivity contribution in [2.45, 2.75) is 12.2 Å². The molecule has 1 N–H and O–H groups in total. The van der Waals surface area contributed by atoms with Crippen LogP contribution in [0.1, 0.15) is 22.0 Å². The van der Waals surface area contributed by atoms with E-state index < -0.39 is 52.2 Å². The van der Waals surface area contributed by atoms with Gasteiger partial charge in [0.2, 0.25) is 0 Å². The molecule has 4 rings (SSSR count). The van der Waals surface area contributed by atoms with Gasteiger partial charge in [0.1, 0.15) is 17.2 Å². The SMILES string of the molecule is O=C(NC(c1ccc(F)cc1F)C(F)(F)F)c1ccc(I)cc1N(c1cccc2nccnc12)S(=O)[O-]. The molecule has 0 spiro atoms. The Hall–Kier alpha value is -3.24. The number of alkyl halides is 3. The number of rotatable bonds is 6. The van der Waals surface area contributed by atoms with Crippen LogP contribution in [0.5, 0.6) is 0 Å². The molecular formula is C23H13F5IN4O3S-. The largest absolute Gasteiger partial charge is 0.755 e. The molecule has 0 aliphatic carbocycles. The molecule has 1 aromatic heterocycles. The zero-order chi connectivity index (χ0) is 26.9. The zero-order valence-electron chi connectivity index (χ0n) is 18.2. The Balaban J connectivity index is 1.83. The maximum absolute atomic E-state index is 14.2. The summed E-state index contributed by atoms with van der Waals surface area (Å²) in [5, 5.41) is 1.71. The number of hydrogen-bond acceptors (Lipinski definition) is 5. The van der Waals surface area contributed by atoms with Crippen molar-refractivity contribution < 1.29 is 35.5 Å². The molecule has 2 unspecified atom stereocenters. The number of nitrogens with one attached hydrogen (secondary N) is 1. The fourth-order valence-electron chi connectivity index (χ4n) is 3.58. The maximum atomic E-state index is 14.2. The molecule has 0 saturated heterocycles. The highest BCUT2D eigenvalue weighted by Crippen LogP contribution is 2.37. The van der Waals surface area contributed by atoms with E-state index in [4.69, 9.17) is 0 Å². The fourth-order valence-corrected chi connectivity index (χ4v) is 4.67. The van der Waals surface area contributed by atoms with Crippen molar-refractivity contribution in [3.8, 4) is 0 Å². The van der Waals surface area contributed by atoms with Crippen molar-refractivity contribution in [1.29, 1.82) is 0 Å². The Bertz CT molecular complexity index is 1520. The Morgan fingerprint density at radius 3 is 2.43 bits per heavy atom. The van der Waals surface area contributed by atoms with E-state index in [0.717, 1.165) is 6.07 Å². The Morgan fingerprint density at radius 1 is 1.03 bits per heavy atom. The maximum Gasteiger partial charge on any atom is 0.412 e. The molecule has 0 radical (unpaired) electrons. The number of para-hydroxylation sites is 1. The molecule has 0 aliphatic heterocycles. The summed E-state index contributed by atoms with van der Waals surface area (Å²) in [6, 6.07) is 6.88. The predicted molar refractivity (Wildman–Crippen MR) is 132 cm³/mol. The van der Waals surface area contributed by atoms with Crippen molar-refractivity contribution in [2.24, 2.45) is 0 Å². The lowest BCUT2D eigenvalue weighted by atomic mass is 10.0. The fraction of sp³-hybridized carbons (Fsp3) is 0.0870. The molecule has 1 heterocycles. The number of aromatic nitrogens is 2. The van der Waals surface area contributed by atoms with Gasteiger partial charge in [0, 0.05) is 27.6 Å². The van der Waals surface area contributed by atoms with Crippen LogP contribution in [0.2, 0.25) is 0 Å². The van der Waals surface area contributed by atoms with Gasteiger partial charge in [-0.05, 0) is 59.0 Å². The van der Waals surface area contributed by atoms with Crippen LogP contribution >= 0.6 is 22.6 Å². The topological polar surface area (TPSA) is 98.2 Å². The molecule has 37 heavy (non-hydrogen) atoms. The van der Waals surface area contributed by atoms with Crippen LogP contribution in [0.4, 0.5) is 33.3 Å². The number of anilines is 2. The molecule has 3 aromatic carbocycles. The number of fused-ring (bicyclic) bond motifs is 1. The summed E-state index contributed by atoms with van der Waals surface area (Å²) in [5.74, 6) is -3.96. The minimum Gasteiger partial charge on any atom is -0.755 e. The average Bonchev–Trinajstić information content (AvgIpc) is 2.82. The van der Waals surface area contributed by atoms with E-state index in [-0.39, 0.29) is 23.0 Å². The van der Waals surface area contributed by atoms with Gasteiger partial charge in [-0.1, -0.05) is 12.1 Å². The van der Waals surface area contributed by atoms with E-state index in [1.807, 2.05) is 22.6 Å². The van der Waals surface area contributed by atoms with Gasteiger partial charge in [0.15, 0.2) is 6.04 Å². The van der Waals surface area contributed by atoms with E-state index in [1.54, 1.807) is 11.4 Å². The monoisotopic (exact) mass is 647 g/mol. The van der Waals surface area contributed by atoms with Crippen LogP contribution < -0.4 is 9.62 Å². The second-order valence-electron chi connectivity index (χ2n) is 7.49. The summed E-state index contributed by atoms with van der Waals surface area (Å²) < 4.78 is 95.0. The Morgan fingerprint density at radius 2 is 1.76 bits per heavy atom. The third-order valence-corrected chi connectivity index (χ3v) is 6.51. The summed E-state index contributed by atoms with van der Waals surface area (Å²) in [5.41, 5.74) is -1.27. The van der Waals surface area contributed by atoms with Crippen LogP contribution in [0, 0.1) is 15.2 Å². The molecule has 1 amide bonds. The van der Waals surface area contributed by atoms with Gasteiger partial charge in [-0.3, -0.25) is 23.3 Å².